The Hall–Kier alpha value is -1.31. The molecule has 1 aliphatic heterocycles. The number of anilines is 1. The van der Waals surface area contributed by atoms with Gasteiger partial charge in [-0.25, -0.2) is 17.9 Å². The van der Waals surface area contributed by atoms with Crippen LogP contribution in [-0.2, 0) is 10.0 Å². The van der Waals surface area contributed by atoms with Crippen LogP contribution in [-0.4, -0.2) is 51.3 Å². The highest BCUT2D eigenvalue weighted by molar-refractivity contribution is 7.88. The van der Waals surface area contributed by atoms with Gasteiger partial charge in [0.1, 0.15) is 0 Å². The average Bonchev–Trinajstić information content (AvgIpc) is 2.87. The first-order chi connectivity index (χ1) is 10.3. The van der Waals surface area contributed by atoms with Gasteiger partial charge in [0, 0.05) is 25.7 Å². The highest BCUT2D eigenvalue weighted by Crippen LogP contribution is 2.26. The second kappa shape index (κ2) is 6.85. The number of hydrogen-bond acceptors (Lipinski definition) is 3. The third-order valence-corrected chi connectivity index (χ3v) is 4.61. The van der Waals surface area contributed by atoms with Crippen molar-refractivity contribution in [2.45, 2.75) is 19.4 Å². The van der Waals surface area contributed by atoms with Gasteiger partial charge in [0.05, 0.1) is 17.0 Å². The molecule has 1 atom stereocenters. The van der Waals surface area contributed by atoms with E-state index in [1.165, 1.54) is 0 Å². The number of benzene rings is 1. The number of nitrogens with zero attached hydrogens (tertiary/aromatic N) is 2. The fraction of sp³-hybridized carbons (Fsp3) is 0.500. The SMILES string of the molecule is CCN(C(=O)N1CC[C@H](NS(C)(=O)=O)C1)c1ccccc1Cl. The van der Waals surface area contributed by atoms with E-state index in [-0.39, 0.29) is 12.1 Å². The molecule has 1 heterocycles. The molecule has 0 aliphatic carbocycles. The minimum Gasteiger partial charge on any atom is -0.323 e. The summed E-state index contributed by atoms with van der Waals surface area (Å²) in [6, 6.07) is 6.79. The van der Waals surface area contributed by atoms with Crippen LogP contribution in [0.25, 0.3) is 0 Å². The second-order valence-electron chi connectivity index (χ2n) is 5.30. The molecule has 8 heteroatoms. The molecule has 1 N–H and O–H groups in total. The zero-order chi connectivity index (χ0) is 16.3. The van der Waals surface area contributed by atoms with Crippen molar-refractivity contribution in [3.8, 4) is 0 Å². The lowest BCUT2D eigenvalue weighted by molar-refractivity contribution is 0.215. The van der Waals surface area contributed by atoms with Gasteiger partial charge in [-0.3, -0.25) is 4.90 Å². The number of rotatable bonds is 4. The number of carbonyl (C=O) groups is 1. The van der Waals surface area contributed by atoms with Crippen LogP contribution in [0, 0.1) is 0 Å². The zero-order valence-electron chi connectivity index (χ0n) is 12.6. The molecule has 1 aromatic carbocycles. The summed E-state index contributed by atoms with van der Waals surface area (Å²) in [6.45, 7) is 3.26. The van der Waals surface area contributed by atoms with Crippen LogP contribution < -0.4 is 9.62 Å². The van der Waals surface area contributed by atoms with Gasteiger partial charge < -0.3 is 4.90 Å². The van der Waals surface area contributed by atoms with Crippen LogP contribution in [0.1, 0.15) is 13.3 Å². The monoisotopic (exact) mass is 345 g/mol. The molecule has 6 nitrogen and oxygen atoms in total. The highest BCUT2D eigenvalue weighted by atomic mass is 35.5. The first-order valence-electron chi connectivity index (χ1n) is 7.10. The minimum atomic E-state index is -3.26. The molecule has 2 rings (SSSR count). The van der Waals surface area contributed by atoms with Gasteiger partial charge in [-0.15, -0.1) is 0 Å². The number of carbonyl (C=O) groups excluding carboxylic acids is 1. The van der Waals surface area contributed by atoms with Gasteiger partial charge in [-0.2, -0.15) is 0 Å². The van der Waals surface area contributed by atoms with Gasteiger partial charge in [-0.05, 0) is 25.5 Å². The Balaban J connectivity index is 2.09. The molecule has 0 bridgehead atoms. The summed E-state index contributed by atoms with van der Waals surface area (Å²) in [6.07, 6.45) is 1.73. The number of amides is 2. The largest absolute Gasteiger partial charge is 0.324 e. The van der Waals surface area contributed by atoms with Gasteiger partial charge in [0.15, 0.2) is 0 Å². The number of sulfonamides is 1. The van der Waals surface area contributed by atoms with E-state index in [0.717, 1.165) is 6.26 Å². The standard InChI is InChI=1S/C14H20ClN3O3S/c1-3-18(13-7-5-4-6-12(13)15)14(19)17-9-8-11(10-17)16-22(2,20)21/h4-7,11,16H,3,8-10H2,1-2H3/t11-/m0/s1. The van der Waals surface area contributed by atoms with Crippen molar-refractivity contribution in [2.75, 3.05) is 30.8 Å². The molecular formula is C14H20ClN3O3S. The molecule has 0 spiro atoms. The Morgan fingerprint density at radius 1 is 1.45 bits per heavy atom. The maximum Gasteiger partial charge on any atom is 0.324 e. The Kier molecular flexibility index (Phi) is 5.31. The maximum atomic E-state index is 12.7. The Morgan fingerprint density at radius 3 is 2.73 bits per heavy atom. The third kappa shape index (κ3) is 4.12. The van der Waals surface area contributed by atoms with Crippen molar-refractivity contribution >= 4 is 33.3 Å². The predicted molar refractivity (Wildman–Crippen MR) is 87.8 cm³/mol. The van der Waals surface area contributed by atoms with E-state index >= 15 is 0 Å². The summed E-state index contributed by atoms with van der Waals surface area (Å²) in [7, 11) is -3.26. The van der Waals surface area contributed by atoms with Crippen molar-refractivity contribution in [1.29, 1.82) is 0 Å². The number of hydrogen-bond donors (Lipinski definition) is 1. The topological polar surface area (TPSA) is 69.7 Å². The smallest absolute Gasteiger partial charge is 0.323 e. The Bertz CT molecular complexity index is 650. The molecule has 22 heavy (non-hydrogen) atoms. The molecule has 1 aliphatic rings. The van der Waals surface area contributed by atoms with Crippen LogP contribution in [0.5, 0.6) is 0 Å². The van der Waals surface area contributed by atoms with Crippen LogP contribution in [0.4, 0.5) is 10.5 Å². The van der Waals surface area contributed by atoms with Crippen LogP contribution in [0.15, 0.2) is 24.3 Å². The number of urea groups is 1. The molecule has 1 aromatic rings. The summed E-state index contributed by atoms with van der Waals surface area (Å²) in [5.74, 6) is 0. The molecular weight excluding hydrogens is 326 g/mol. The fourth-order valence-electron chi connectivity index (χ4n) is 2.58. The second-order valence-corrected chi connectivity index (χ2v) is 7.49. The lowest BCUT2D eigenvalue weighted by atomic mass is 10.3. The predicted octanol–water partition coefficient (Wildman–Crippen LogP) is 1.91. The molecule has 0 radical (unpaired) electrons. The van der Waals surface area contributed by atoms with E-state index in [0.29, 0.717) is 36.8 Å². The molecule has 0 unspecified atom stereocenters. The third-order valence-electron chi connectivity index (χ3n) is 3.53. The van der Waals surface area contributed by atoms with E-state index in [2.05, 4.69) is 4.72 Å². The van der Waals surface area contributed by atoms with Gasteiger partial charge >= 0.3 is 6.03 Å². The maximum absolute atomic E-state index is 12.7. The fourth-order valence-corrected chi connectivity index (χ4v) is 3.62. The zero-order valence-corrected chi connectivity index (χ0v) is 14.2. The van der Waals surface area contributed by atoms with E-state index in [4.69, 9.17) is 11.6 Å². The summed E-state index contributed by atoms with van der Waals surface area (Å²) in [4.78, 5) is 15.9. The quantitative estimate of drug-likeness (QED) is 0.906. The molecule has 1 fully saturated rings. The minimum absolute atomic E-state index is 0.159. The van der Waals surface area contributed by atoms with E-state index in [1.54, 1.807) is 21.9 Å². The molecule has 1 saturated heterocycles. The Morgan fingerprint density at radius 2 is 2.14 bits per heavy atom. The van der Waals surface area contributed by atoms with Crippen molar-refractivity contribution in [3.05, 3.63) is 29.3 Å². The molecule has 2 amide bonds. The summed E-state index contributed by atoms with van der Waals surface area (Å²) in [5.41, 5.74) is 0.663. The molecule has 0 saturated carbocycles. The number of nitrogens with one attached hydrogen (secondary N) is 1. The van der Waals surface area contributed by atoms with Crippen LogP contribution in [0.3, 0.4) is 0 Å². The van der Waals surface area contributed by atoms with Crippen molar-refractivity contribution in [1.82, 2.24) is 9.62 Å². The van der Waals surface area contributed by atoms with E-state index < -0.39 is 10.0 Å². The van der Waals surface area contributed by atoms with Gasteiger partial charge in [-0.1, -0.05) is 23.7 Å². The summed E-state index contributed by atoms with van der Waals surface area (Å²) < 4.78 is 25.1. The van der Waals surface area contributed by atoms with E-state index in [1.807, 2.05) is 19.1 Å². The lowest BCUT2D eigenvalue weighted by Gasteiger charge is -2.27. The molecule has 0 aromatic heterocycles. The van der Waals surface area contributed by atoms with E-state index in [9.17, 15) is 13.2 Å². The van der Waals surface area contributed by atoms with Crippen LogP contribution in [0.2, 0.25) is 5.02 Å². The molecule has 122 valence electrons. The van der Waals surface area contributed by atoms with Gasteiger partial charge in [0.2, 0.25) is 10.0 Å². The average molecular weight is 346 g/mol. The first kappa shape index (κ1) is 17.1. The summed E-state index contributed by atoms with van der Waals surface area (Å²) >= 11 is 6.16. The normalized spacial score (nSPS) is 18.5. The lowest BCUT2D eigenvalue weighted by Crippen LogP contribution is -2.44. The van der Waals surface area contributed by atoms with Crippen molar-refractivity contribution in [2.24, 2.45) is 0 Å². The summed E-state index contributed by atoms with van der Waals surface area (Å²) in [5, 5.41) is 0.516. The van der Waals surface area contributed by atoms with Gasteiger partial charge in [0.25, 0.3) is 0 Å². The first-order valence-corrected chi connectivity index (χ1v) is 9.37. The highest BCUT2D eigenvalue weighted by Gasteiger charge is 2.31. The van der Waals surface area contributed by atoms with Crippen molar-refractivity contribution < 1.29 is 13.2 Å². The van der Waals surface area contributed by atoms with Crippen molar-refractivity contribution in [3.63, 3.8) is 0 Å². The number of para-hydroxylation sites is 1. The Labute approximate surface area is 136 Å². The number of likely N-dealkylation sites (tertiary alicyclic amines) is 1. The van der Waals surface area contributed by atoms with Crippen LogP contribution >= 0.6 is 11.6 Å². The number of halogens is 1.